The van der Waals surface area contributed by atoms with E-state index in [1.54, 1.807) is 30.5 Å². The standard InChI is InChI=1S/C16H16BrN3O2/c17-14-6-1-4-12(10-14)15(21)19-8-3-9-20-16(22)13-5-2-7-18-11-13/h1-2,4-7,10-11H,3,8-9H2,(H,19,21)(H,20,22). The van der Waals surface area contributed by atoms with E-state index in [9.17, 15) is 9.59 Å². The molecule has 1 heterocycles. The average molecular weight is 362 g/mol. The highest BCUT2D eigenvalue weighted by Gasteiger charge is 2.06. The van der Waals surface area contributed by atoms with E-state index in [1.165, 1.54) is 6.20 Å². The summed E-state index contributed by atoms with van der Waals surface area (Å²) in [5.74, 6) is -0.286. The Morgan fingerprint density at radius 3 is 2.32 bits per heavy atom. The maximum atomic E-state index is 11.9. The maximum absolute atomic E-state index is 11.9. The van der Waals surface area contributed by atoms with Crippen LogP contribution in [-0.4, -0.2) is 29.9 Å². The smallest absolute Gasteiger partial charge is 0.252 e. The Morgan fingerprint density at radius 1 is 1.00 bits per heavy atom. The highest BCUT2D eigenvalue weighted by molar-refractivity contribution is 9.10. The lowest BCUT2D eigenvalue weighted by molar-refractivity contribution is 0.0951. The van der Waals surface area contributed by atoms with Crippen molar-refractivity contribution in [2.45, 2.75) is 6.42 Å². The van der Waals surface area contributed by atoms with Crippen molar-refractivity contribution < 1.29 is 9.59 Å². The molecule has 0 atom stereocenters. The Hall–Kier alpha value is -2.21. The molecule has 1 aromatic carbocycles. The van der Waals surface area contributed by atoms with E-state index in [1.807, 2.05) is 12.1 Å². The molecular weight excluding hydrogens is 346 g/mol. The minimum absolute atomic E-state index is 0.125. The lowest BCUT2D eigenvalue weighted by Crippen LogP contribution is -2.29. The van der Waals surface area contributed by atoms with Crippen LogP contribution in [-0.2, 0) is 0 Å². The highest BCUT2D eigenvalue weighted by Crippen LogP contribution is 2.11. The third kappa shape index (κ3) is 4.96. The second kappa shape index (κ2) is 8.29. The van der Waals surface area contributed by atoms with Gasteiger partial charge in [0.15, 0.2) is 0 Å². The van der Waals surface area contributed by atoms with Crippen molar-refractivity contribution in [2.75, 3.05) is 13.1 Å². The van der Waals surface area contributed by atoms with Crippen LogP contribution >= 0.6 is 15.9 Å². The number of rotatable bonds is 6. The molecule has 0 aliphatic rings. The molecule has 2 aromatic rings. The van der Waals surface area contributed by atoms with Gasteiger partial charge in [-0.1, -0.05) is 22.0 Å². The van der Waals surface area contributed by atoms with E-state index in [0.717, 1.165) is 4.47 Å². The van der Waals surface area contributed by atoms with Gasteiger partial charge >= 0.3 is 0 Å². The van der Waals surface area contributed by atoms with Gasteiger partial charge < -0.3 is 10.6 Å². The Balaban J connectivity index is 1.67. The summed E-state index contributed by atoms with van der Waals surface area (Å²) in [7, 11) is 0. The van der Waals surface area contributed by atoms with Crippen molar-refractivity contribution in [1.29, 1.82) is 0 Å². The van der Waals surface area contributed by atoms with Gasteiger partial charge in [0.25, 0.3) is 11.8 Å². The Labute approximate surface area is 137 Å². The molecule has 6 heteroatoms. The molecule has 2 rings (SSSR count). The number of halogens is 1. The van der Waals surface area contributed by atoms with Gasteiger partial charge in [-0.3, -0.25) is 14.6 Å². The Morgan fingerprint density at radius 2 is 1.68 bits per heavy atom. The first kappa shape index (κ1) is 16.2. The molecule has 0 aliphatic carbocycles. The Bertz CT molecular complexity index is 647. The quantitative estimate of drug-likeness (QED) is 0.776. The topological polar surface area (TPSA) is 71.1 Å². The van der Waals surface area contributed by atoms with Crippen LogP contribution < -0.4 is 10.6 Å². The average Bonchev–Trinajstić information content (AvgIpc) is 2.55. The summed E-state index contributed by atoms with van der Waals surface area (Å²) >= 11 is 3.33. The number of amides is 2. The molecule has 0 spiro atoms. The number of nitrogens with one attached hydrogen (secondary N) is 2. The second-order valence-corrected chi connectivity index (χ2v) is 5.53. The van der Waals surface area contributed by atoms with Gasteiger partial charge in [0.1, 0.15) is 0 Å². The van der Waals surface area contributed by atoms with Crippen LogP contribution in [0.3, 0.4) is 0 Å². The first-order valence-electron chi connectivity index (χ1n) is 6.89. The molecule has 0 unspecified atom stereocenters. The van der Waals surface area contributed by atoms with Gasteiger partial charge in [0.05, 0.1) is 5.56 Å². The zero-order valence-corrected chi connectivity index (χ0v) is 13.5. The van der Waals surface area contributed by atoms with Crippen LogP contribution in [0.2, 0.25) is 0 Å². The number of aromatic nitrogens is 1. The first-order chi connectivity index (χ1) is 10.7. The minimum Gasteiger partial charge on any atom is -0.352 e. The van der Waals surface area contributed by atoms with E-state index < -0.39 is 0 Å². The first-order valence-corrected chi connectivity index (χ1v) is 7.68. The number of carbonyl (C=O) groups is 2. The van der Waals surface area contributed by atoms with Crippen LogP contribution in [0.1, 0.15) is 27.1 Å². The fourth-order valence-corrected chi connectivity index (χ4v) is 2.22. The number of pyridine rings is 1. The van der Waals surface area contributed by atoms with Crippen molar-refractivity contribution in [3.8, 4) is 0 Å². The van der Waals surface area contributed by atoms with Gasteiger partial charge in [-0.05, 0) is 36.8 Å². The summed E-state index contributed by atoms with van der Waals surface area (Å²) in [5.41, 5.74) is 1.13. The van der Waals surface area contributed by atoms with E-state index in [0.29, 0.717) is 30.6 Å². The van der Waals surface area contributed by atoms with Crippen molar-refractivity contribution in [1.82, 2.24) is 15.6 Å². The minimum atomic E-state index is -0.161. The number of hydrogen-bond acceptors (Lipinski definition) is 3. The summed E-state index contributed by atoms with van der Waals surface area (Å²) in [5, 5.41) is 5.60. The van der Waals surface area contributed by atoms with Gasteiger partial charge in [0.2, 0.25) is 0 Å². The summed E-state index contributed by atoms with van der Waals surface area (Å²) in [6, 6.07) is 10.6. The summed E-state index contributed by atoms with van der Waals surface area (Å²) < 4.78 is 0.865. The molecule has 0 bridgehead atoms. The van der Waals surface area contributed by atoms with Crippen LogP contribution in [0.5, 0.6) is 0 Å². The molecule has 2 amide bonds. The molecule has 2 N–H and O–H groups in total. The third-order valence-corrected chi connectivity index (χ3v) is 3.43. The molecular formula is C16H16BrN3O2. The normalized spacial score (nSPS) is 10.0. The van der Waals surface area contributed by atoms with Gasteiger partial charge in [-0.25, -0.2) is 0 Å². The van der Waals surface area contributed by atoms with E-state index in [-0.39, 0.29) is 11.8 Å². The predicted molar refractivity (Wildman–Crippen MR) is 87.7 cm³/mol. The zero-order chi connectivity index (χ0) is 15.8. The predicted octanol–water partition coefficient (Wildman–Crippen LogP) is 2.39. The molecule has 0 aliphatic heterocycles. The van der Waals surface area contributed by atoms with Crippen molar-refractivity contribution in [3.63, 3.8) is 0 Å². The molecule has 5 nitrogen and oxygen atoms in total. The van der Waals surface area contributed by atoms with Crippen molar-refractivity contribution in [3.05, 3.63) is 64.4 Å². The van der Waals surface area contributed by atoms with Crippen LogP contribution in [0.15, 0.2) is 53.3 Å². The van der Waals surface area contributed by atoms with Gasteiger partial charge in [-0.2, -0.15) is 0 Å². The molecule has 0 saturated heterocycles. The zero-order valence-electron chi connectivity index (χ0n) is 11.9. The summed E-state index contributed by atoms with van der Waals surface area (Å²) in [6.07, 6.45) is 3.80. The monoisotopic (exact) mass is 361 g/mol. The summed E-state index contributed by atoms with van der Waals surface area (Å²) in [6.45, 7) is 0.991. The number of benzene rings is 1. The summed E-state index contributed by atoms with van der Waals surface area (Å²) in [4.78, 5) is 27.5. The molecule has 114 valence electrons. The number of hydrogen-bond donors (Lipinski definition) is 2. The molecule has 0 saturated carbocycles. The van der Waals surface area contributed by atoms with Gasteiger partial charge in [0, 0.05) is 35.5 Å². The Kier molecular flexibility index (Phi) is 6.09. The molecule has 0 radical (unpaired) electrons. The highest BCUT2D eigenvalue weighted by atomic mass is 79.9. The SMILES string of the molecule is O=C(NCCCNC(=O)c1cccc(Br)c1)c1cccnc1. The fraction of sp³-hybridized carbons (Fsp3) is 0.188. The lowest BCUT2D eigenvalue weighted by Gasteiger charge is -2.07. The second-order valence-electron chi connectivity index (χ2n) is 4.62. The van der Waals surface area contributed by atoms with E-state index in [2.05, 4.69) is 31.5 Å². The van der Waals surface area contributed by atoms with Crippen molar-refractivity contribution in [2.24, 2.45) is 0 Å². The fourth-order valence-electron chi connectivity index (χ4n) is 1.82. The van der Waals surface area contributed by atoms with E-state index >= 15 is 0 Å². The third-order valence-electron chi connectivity index (χ3n) is 2.94. The van der Waals surface area contributed by atoms with Crippen LogP contribution in [0.25, 0.3) is 0 Å². The number of carbonyl (C=O) groups excluding carboxylic acids is 2. The lowest BCUT2D eigenvalue weighted by atomic mass is 10.2. The maximum Gasteiger partial charge on any atom is 0.252 e. The molecule has 22 heavy (non-hydrogen) atoms. The van der Waals surface area contributed by atoms with E-state index in [4.69, 9.17) is 0 Å². The number of nitrogens with zero attached hydrogens (tertiary/aromatic N) is 1. The van der Waals surface area contributed by atoms with Gasteiger partial charge in [-0.15, -0.1) is 0 Å². The molecule has 0 fully saturated rings. The van der Waals surface area contributed by atoms with Crippen molar-refractivity contribution >= 4 is 27.7 Å². The largest absolute Gasteiger partial charge is 0.352 e. The van der Waals surface area contributed by atoms with Crippen LogP contribution in [0, 0.1) is 0 Å². The molecule has 1 aromatic heterocycles. The van der Waals surface area contributed by atoms with Crippen LogP contribution in [0.4, 0.5) is 0 Å².